The van der Waals surface area contributed by atoms with Gasteiger partial charge in [-0.1, -0.05) is 13.0 Å². The largest absolute Gasteiger partial charge is 0.364 e. The standard InChI is InChI=1S/C12H20N2S/c1-10-4-5-12(15-10)14-8-7-13-6-2-3-11(13)9-14/h5,10-11H,2-4,6-9H2,1H3/t10-,11?/m1/s1. The third-order valence-corrected chi connectivity index (χ3v) is 5.11. The molecule has 3 rings (SSSR count). The molecule has 2 nitrogen and oxygen atoms in total. The molecule has 84 valence electrons. The zero-order chi connectivity index (χ0) is 10.3. The van der Waals surface area contributed by atoms with Crippen molar-refractivity contribution in [3.63, 3.8) is 0 Å². The summed E-state index contributed by atoms with van der Waals surface area (Å²) >= 11 is 2.07. The maximum Gasteiger partial charge on any atom is 0.0670 e. The normalized spacial score (nSPS) is 36.9. The van der Waals surface area contributed by atoms with Gasteiger partial charge in [0.1, 0.15) is 0 Å². The number of hydrogen-bond acceptors (Lipinski definition) is 3. The molecule has 0 bridgehead atoms. The van der Waals surface area contributed by atoms with E-state index >= 15 is 0 Å². The van der Waals surface area contributed by atoms with Gasteiger partial charge in [0.15, 0.2) is 0 Å². The van der Waals surface area contributed by atoms with Gasteiger partial charge in [-0.3, -0.25) is 4.90 Å². The van der Waals surface area contributed by atoms with Gasteiger partial charge in [-0.05, 0) is 25.8 Å². The molecule has 0 aromatic heterocycles. The third-order valence-electron chi connectivity index (χ3n) is 3.85. The zero-order valence-corrected chi connectivity index (χ0v) is 10.3. The molecule has 3 heteroatoms. The van der Waals surface area contributed by atoms with Gasteiger partial charge in [-0.25, -0.2) is 0 Å². The Morgan fingerprint density at radius 3 is 3.07 bits per heavy atom. The second-order valence-electron chi connectivity index (χ2n) is 4.98. The van der Waals surface area contributed by atoms with E-state index in [4.69, 9.17) is 0 Å². The van der Waals surface area contributed by atoms with E-state index in [9.17, 15) is 0 Å². The van der Waals surface area contributed by atoms with E-state index in [1.165, 1.54) is 45.4 Å². The first-order chi connectivity index (χ1) is 7.33. The van der Waals surface area contributed by atoms with Crippen molar-refractivity contribution in [3.8, 4) is 0 Å². The zero-order valence-electron chi connectivity index (χ0n) is 9.48. The summed E-state index contributed by atoms with van der Waals surface area (Å²) in [6, 6.07) is 0.858. The van der Waals surface area contributed by atoms with Crippen molar-refractivity contribution in [1.82, 2.24) is 9.80 Å². The monoisotopic (exact) mass is 224 g/mol. The molecule has 0 aromatic rings. The molecule has 3 aliphatic rings. The fourth-order valence-electron chi connectivity index (χ4n) is 2.96. The molecule has 0 saturated carbocycles. The second kappa shape index (κ2) is 4.02. The predicted molar refractivity (Wildman–Crippen MR) is 65.9 cm³/mol. The van der Waals surface area contributed by atoms with Crippen LogP contribution < -0.4 is 0 Å². The first-order valence-corrected chi connectivity index (χ1v) is 7.07. The number of hydrogen-bond donors (Lipinski definition) is 0. The molecule has 2 saturated heterocycles. The SMILES string of the molecule is C[C@@H]1CC=C(N2CCN3CCCC3C2)S1. The molecule has 2 atom stereocenters. The van der Waals surface area contributed by atoms with Crippen LogP contribution in [0.2, 0.25) is 0 Å². The van der Waals surface area contributed by atoms with Crippen LogP contribution in [0.15, 0.2) is 11.1 Å². The van der Waals surface area contributed by atoms with E-state index in [2.05, 4.69) is 34.6 Å². The van der Waals surface area contributed by atoms with Crippen molar-refractivity contribution in [1.29, 1.82) is 0 Å². The van der Waals surface area contributed by atoms with E-state index in [1.807, 2.05) is 0 Å². The molecule has 3 aliphatic heterocycles. The highest BCUT2D eigenvalue weighted by Gasteiger charge is 2.32. The minimum atomic E-state index is 0.807. The lowest BCUT2D eigenvalue weighted by atomic mass is 10.1. The Labute approximate surface area is 96.7 Å². The lowest BCUT2D eigenvalue weighted by Crippen LogP contribution is -2.49. The van der Waals surface area contributed by atoms with Gasteiger partial charge in [0, 0.05) is 30.9 Å². The summed E-state index contributed by atoms with van der Waals surface area (Å²) < 4.78 is 0. The minimum absolute atomic E-state index is 0.807. The highest BCUT2D eigenvalue weighted by molar-refractivity contribution is 8.03. The van der Waals surface area contributed by atoms with Crippen LogP contribution in [0.4, 0.5) is 0 Å². The Bertz CT molecular complexity index is 277. The van der Waals surface area contributed by atoms with E-state index in [0.717, 1.165) is 11.3 Å². The van der Waals surface area contributed by atoms with E-state index in [-0.39, 0.29) is 0 Å². The highest BCUT2D eigenvalue weighted by Crippen LogP contribution is 2.36. The van der Waals surface area contributed by atoms with Gasteiger partial charge < -0.3 is 4.90 Å². The van der Waals surface area contributed by atoms with Crippen LogP contribution in [-0.4, -0.2) is 47.3 Å². The Hall–Kier alpha value is -0.150. The summed E-state index contributed by atoms with van der Waals surface area (Å²) in [5, 5.41) is 2.37. The van der Waals surface area contributed by atoms with Crippen molar-refractivity contribution in [2.24, 2.45) is 0 Å². The Balaban J connectivity index is 1.64. The topological polar surface area (TPSA) is 6.48 Å². The average Bonchev–Trinajstić information content (AvgIpc) is 2.84. The Morgan fingerprint density at radius 1 is 1.33 bits per heavy atom. The molecule has 2 fully saturated rings. The number of thioether (sulfide) groups is 1. The van der Waals surface area contributed by atoms with Crippen molar-refractivity contribution < 1.29 is 0 Å². The van der Waals surface area contributed by atoms with Gasteiger partial charge in [0.2, 0.25) is 0 Å². The summed E-state index contributed by atoms with van der Waals surface area (Å²) in [7, 11) is 0. The van der Waals surface area contributed by atoms with Crippen LogP contribution in [0.3, 0.4) is 0 Å². The second-order valence-corrected chi connectivity index (χ2v) is 6.44. The predicted octanol–water partition coefficient (Wildman–Crippen LogP) is 2.13. The molecule has 0 aromatic carbocycles. The van der Waals surface area contributed by atoms with Crippen LogP contribution in [0.25, 0.3) is 0 Å². The molecule has 0 amide bonds. The molecule has 0 N–H and O–H groups in total. The van der Waals surface area contributed by atoms with E-state index in [1.54, 1.807) is 5.03 Å². The van der Waals surface area contributed by atoms with E-state index < -0.39 is 0 Å². The summed E-state index contributed by atoms with van der Waals surface area (Å²) in [4.78, 5) is 5.31. The number of allylic oxidation sites excluding steroid dienone is 1. The van der Waals surface area contributed by atoms with Crippen molar-refractivity contribution in [3.05, 3.63) is 11.1 Å². The molecule has 1 unspecified atom stereocenters. The van der Waals surface area contributed by atoms with Gasteiger partial charge in [-0.15, -0.1) is 11.8 Å². The summed E-state index contributed by atoms with van der Waals surface area (Å²) in [6.07, 6.45) is 6.55. The highest BCUT2D eigenvalue weighted by atomic mass is 32.2. The van der Waals surface area contributed by atoms with Gasteiger partial charge in [-0.2, -0.15) is 0 Å². The van der Waals surface area contributed by atoms with Crippen molar-refractivity contribution in [2.45, 2.75) is 37.5 Å². The van der Waals surface area contributed by atoms with Crippen molar-refractivity contribution >= 4 is 11.8 Å². The molecule has 0 radical (unpaired) electrons. The van der Waals surface area contributed by atoms with Crippen LogP contribution in [-0.2, 0) is 0 Å². The maximum atomic E-state index is 2.68. The van der Waals surface area contributed by atoms with Gasteiger partial charge in [0.05, 0.1) is 5.03 Å². The average molecular weight is 224 g/mol. The summed E-state index contributed by atoms with van der Waals surface area (Å²) in [6.45, 7) is 7.51. The maximum absolute atomic E-state index is 2.68. The first kappa shape index (κ1) is 10.0. The first-order valence-electron chi connectivity index (χ1n) is 6.19. The number of piperazine rings is 1. The summed E-state index contributed by atoms with van der Waals surface area (Å²) in [5.74, 6) is 0. The fourth-order valence-corrected chi connectivity index (χ4v) is 4.08. The Kier molecular flexibility index (Phi) is 2.69. The smallest absolute Gasteiger partial charge is 0.0670 e. The van der Waals surface area contributed by atoms with Crippen molar-refractivity contribution in [2.75, 3.05) is 26.2 Å². The lowest BCUT2D eigenvalue weighted by Gasteiger charge is -2.39. The minimum Gasteiger partial charge on any atom is -0.364 e. The number of nitrogens with zero attached hydrogens (tertiary/aromatic N) is 2. The van der Waals surface area contributed by atoms with Gasteiger partial charge >= 0.3 is 0 Å². The Morgan fingerprint density at radius 2 is 2.27 bits per heavy atom. The molecule has 0 aliphatic carbocycles. The molecule has 3 heterocycles. The molecular formula is C12H20N2S. The molecule has 0 spiro atoms. The number of rotatable bonds is 1. The quantitative estimate of drug-likeness (QED) is 0.674. The summed E-state index contributed by atoms with van der Waals surface area (Å²) in [5.41, 5.74) is 0. The van der Waals surface area contributed by atoms with Crippen LogP contribution in [0.1, 0.15) is 26.2 Å². The fraction of sp³-hybridized carbons (Fsp3) is 0.833. The van der Waals surface area contributed by atoms with Crippen LogP contribution in [0.5, 0.6) is 0 Å². The van der Waals surface area contributed by atoms with Crippen LogP contribution in [0, 0.1) is 0 Å². The molecular weight excluding hydrogens is 204 g/mol. The lowest BCUT2D eigenvalue weighted by molar-refractivity contribution is 0.136. The number of fused-ring (bicyclic) bond motifs is 1. The van der Waals surface area contributed by atoms with Crippen LogP contribution >= 0.6 is 11.8 Å². The van der Waals surface area contributed by atoms with E-state index in [0.29, 0.717) is 0 Å². The third kappa shape index (κ3) is 1.92. The van der Waals surface area contributed by atoms with Gasteiger partial charge in [0.25, 0.3) is 0 Å². The molecule has 15 heavy (non-hydrogen) atoms.